The van der Waals surface area contributed by atoms with E-state index in [1.807, 2.05) is 18.2 Å². The number of ketones is 1. The van der Waals surface area contributed by atoms with Crippen molar-refractivity contribution in [3.05, 3.63) is 62.8 Å². The quantitative estimate of drug-likeness (QED) is 0.576. The Balaban J connectivity index is 2.08. The number of hydrogen-bond donors (Lipinski definition) is 0. The molecule has 0 aliphatic heterocycles. The lowest BCUT2D eigenvalue weighted by molar-refractivity contribution is 0.105. The Labute approximate surface area is 116 Å². The highest BCUT2D eigenvalue weighted by molar-refractivity contribution is 7.18. The fraction of sp³-hybridized carbons (Fsp3) is 0.133. The van der Waals surface area contributed by atoms with Gasteiger partial charge in [-0.15, -0.1) is 11.3 Å². The van der Waals surface area contributed by atoms with Gasteiger partial charge in [0.05, 0.1) is 9.21 Å². The molecule has 0 amide bonds. The number of hydrogen-bond acceptors (Lipinski definition) is 2. The van der Waals surface area contributed by atoms with Gasteiger partial charge in [0.2, 0.25) is 0 Å². The molecule has 0 aliphatic rings. The summed E-state index contributed by atoms with van der Waals surface area (Å²) in [5, 5.41) is 0. The number of thiophene rings is 1. The largest absolute Gasteiger partial charge is 0.288 e. The van der Waals surface area contributed by atoms with Gasteiger partial charge >= 0.3 is 0 Å². The van der Waals surface area contributed by atoms with Crippen LogP contribution in [0.1, 0.15) is 27.7 Å². The van der Waals surface area contributed by atoms with Crippen LogP contribution in [-0.4, -0.2) is 5.78 Å². The van der Waals surface area contributed by atoms with E-state index in [0.717, 1.165) is 12.0 Å². The van der Waals surface area contributed by atoms with Crippen LogP contribution in [0.15, 0.2) is 42.5 Å². The fourth-order valence-corrected chi connectivity index (χ4v) is 2.53. The molecule has 0 bridgehead atoms. The van der Waals surface area contributed by atoms with Crippen molar-refractivity contribution in [1.82, 2.24) is 0 Å². The van der Waals surface area contributed by atoms with E-state index in [0.29, 0.717) is 9.21 Å². The molecule has 2 aromatic rings. The predicted octanol–water partition coefficient (Wildman–Crippen LogP) is 4.86. The molecule has 3 heteroatoms. The van der Waals surface area contributed by atoms with Crippen molar-refractivity contribution in [2.45, 2.75) is 13.3 Å². The molecule has 0 atom stereocenters. The first-order chi connectivity index (χ1) is 8.69. The van der Waals surface area contributed by atoms with Crippen LogP contribution in [0.25, 0.3) is 6.08 Å². The van der Waals surface area contributed by atoms with E-state index < -0.39 is 0 Å². The van der Waals surface area contributed by atoms with Crippen LogP contribution in [0, 0.1) is 0 Å². The second-order valence-electron chi connectivity index (χ2n) is 3.90. The van der Waals surface area contributed by atoms with Crippen LogP contribution < -0.4 is 0 Å². The van der Waals surface area contributed by atoms with Crippen molar-refractivity contribution >= 4 is 34.8 Å². The SMILES string of the molecule is CCc1ccc(C=CC(=O)c2ccc(Cl)s2)cc1. The highest BCUT2D eigenvalue weighted by Crippen LogP contribution is 2.22. The molecule has 0 aliphatic carbocycles. The Morgan fingerprint density at radius 3 is 2.50 bits per heavy atom. The van der Waals surface area contributed by atoms with E-state index in [1.165, 1.54) is 16.9 Å². The van der Waals surface area contributed by atoms with Crippen molar-refractivity contribution in [1.29, 1.82) is 0 Å². The summed E-state index contributed by atoms with van der Waals surface area (Å²) in [7, 11) is 0. The van der Waals surface area contributed by atoms with E-state index in [1.54, 1.807) is 18.2 Å². The van der Waals surface area contributed by atoms with Gasteiger partial charge in [-0.25, -0.2) is 0 Å². The Morgan fingerprint density at radius 1 is 1.22 bits per heavy atom. The molecule has 0 N–H and O–H groups in total. The van der Waals surface area contributed by atoms with Crippen molar-refractivity contribution in [3.63, 3.8) is 0 Å². The summed E-state index contributed by atoms with van der Waals surface area (Å²) in [6, 6.07) is 11.7. The number of allylic oxidation sites excluding steroid dienone is 1. The number of carbonyl (C=O) groups excluding carboxylic acids is 1. The monoisotopic (exact) mass is 276 g/mol. The van der Waals surface area contributed by atoms with Crippen LogP contribution in [0.4, 0.5) is 0 Å². The molecule has 18 heavy (non-hydrogen) atoms. The van der Waals surface area contributed by atoms with Crippen LogP contribution >= 0.6 is 22.9 Å². The standard InChI is InChI=1S/C15H13ClOS/c1-2-11-3-5-12(6-4-11)7-8-13(17)14-9-10-15(16)18-14/h3-10H,2H2,1H3. The third-order valence-electron chi connectivity index (χ3n) is 2.63. The van der Waals surface area contributed by atoms with Gasteiger partial charge in [0.25, 0.3) is 0 Å². The van der Waals surface area contributed by atoms with Crippen molar-refractivity contribution in [3.8, 4) is 0 Å². The summed E-state index contributed by atoms with van der Waals surface area (Å²) < 4.78 is 0.638. The molecule has 1 aromatic heterocycles. The molecule has 1 aromatic carbocycles. The molecule has 1 heterocycles. The van der Waals surface area contributed by atoms with Gasteiger partial charge in [-0.1, -0.05) is 48.9 Å². The van der Waals surface area contributed by atoms with Crippen LogP contribution in [-0.2, 0) is 6.42 Å². The van der Waals surface area contributed by atoms with E-state index >= 15 is 0 Å². The van der Waals surface area contributed by atoms with Gasteiger partial charge < -0.3 is 0 Å². The van der Waals surface area contributed by atoms with Crippen LogP contribution in [0.5, 0.6) is 0 Å². The number of benzene rings is 1. The smallest absolute Gasteiger partial charge is 0.195 e. The lowest BCUT2D eigenvalue weighted by Crippen LogP contribution is -1.88. The maximum atomic E-state index is 11.8. The maximum Gasteiger partial charge on any atom is 0.195 e. The van der Waals surface area contributed by atoms with Gasteiger partial charge in [0.15, 0.2) is 5.78 Å². The highest BCUT2D eigenvalue weighted by Gasteiger charge is 2.04. The molecular weight excluding hydrogens is 264 g/mol. The predicted molar refractivity (Wildman–Crippen MR) is 78.5 cm³/mol. The molecule has 0 unspecified atom stereocenters. The minimum atomic E-state index is -0.00790. The van der Waals surface area contributed by atoms with Crippen molar-refractivity contribution in [2.75, 3.05) is 0 Å². The van der Waals surface area contributed by atoms with Crippen molar-refractivity contribution < 1.29 is 4.79 Å². The highest BCUT2D eigenvalue weighted by atomic mass is 35.5. The summed E-state index contributed by atoms with van der Waals surface area (Å²) in [5.74, 6) is -0.00790. The van der Waals surface area contributed by atoms with E-state index in [4.69, 9.17) is 11.6 Å². The topological polar surface area (TPSA) is 17.1 Å². The minimum absolute atomic E-state index is 0.00790. The fourth-order valence-electron chi connectivity index (χ4n) is 1.57. The molecule has 0 fully saturated rings. The summed E-state index contributed by atoms with van der Waals surface area (Å²) in [4.78, 5) is 12.5. The molecule has 0 spiro atoms. The number of rotatable bonds is 4. The zero-order valence-electron chi connectivity index (χ0n) is 10.0. The zero-order chi connectivity index (χ0) is 13.0. The summed E-state index contributed by atoms with van der Waals surface area (Å²) in [5.41, 5.74) is 2.33. The number of halogens is 1. The first kappa shape index (κ1) is 13.1. The molecule has 0 saturated carbocycles. The third-order valence-corrected chi connectivity index (χ3v) is 3.88. The second kappa shape index (κ2) is 5.98. The van der Waals surface area contributed by atoms with E-state index in [9.17, 15) is 4.79 Å². The molecular formula is C15H13ClOS. The lowest BCUT2D eigenvalue weighted by atomic mass is 10.1. The normalized spacial score (nSPS) is 11.0. The second-order valence-corrected chi connectivity index (χ2v) is 5.61. The zero-order valence-corrected chi connectivity index (χ0v) is 11.6. The Bertz CT molecular complexity index is 566. The van der Waals surface area contributed by atoms with E-state index in [2.05, 4.69) is 19.1 Å². The van der Waals surface area contributed by atoms with Gasteiger partial charge in [0, 0.05) is 0 Å². The number of aryl methyl sites for hydroxylation is 1. The van der Waals surface area contributed by atoms with Gasteiger partial charge in [-0.05, 0) is 35.8 Å². The molecule has 0 radical (unpaired) electrons. The maximum absolute atomic E-state index is 11.8. The molecule has 0 saturated heterocycles. The summed E-state index contributed by atoms with van der Waals surface area (Å²) in [6.45, 7) is 2.12. The average Bonchev–Trinajstić information content (AvgIpc) is 2.83. The first-order valence-corrected chi connectivity index (χ1v) is 6.95. The summed E-state index contributed by atoms with van der Waals surface area (Å²) >= 11 is 7.10. The van der Waals surface area contributed by atoms with Gasteiger partial charge in [0.1, 0.15) is 0 Å². The molecule has 1 nitrogen and oxygen atoms in total. The average molecular weight is 277 g/mol. The number of carbonyl (C=O) groups is 1. The lowest BCUT2D eigenvalue weighted by Gasteiger charge is -1.96. The first-order valence-electron chi connectivity index (χ1n) is 5.75. The van der Waals surface area contributed by atoms with Crippen LogP contribution in [0.2, 0.25) is 4.34 Å². The van der Waals surface area contributed by atoms with Gasteiger partial charge in [-0.2, -0.15) is 0 Å². The van der Waals surface area contributed by atoms with E-state index in [-0.39, 0.29) is 5.78 Å². The summed E-state index contributed by atoms with van der Waals surface area (Å²) in [6.07, 6.45) is 4.44. The van der Waals surface area contributed by atoms with Gasteiger partial charge in [-0.3, -0.25) is 4.79 Å². The minimum Gasteiger partial charge on any atom is -0.288 e. The Morgan fingerprint density at radius 2 is 1.94 bits per heavy atom. The van der Waals surface area contributed by atoms with Crippen molar-refractivity contribution in [2.24, 2.45) is 0 Å². The Hall–Kier alpha value is -1.38. The van der Waals surface area contributed by atoms with Crippen LogP contribution in [0.3, 0.4) is 0 Å². The third kappa shape index (κ3) is 3.31. The molecule has 92 valence electrons. The molecule has 2 rings (SSSR count). The Kier molecular flexibility index (Phi) is 4.34.